The molecule has 0 radical (unpaired) electrons. The van der Waals surface area contributed by atoms with Gasteiger partial charge in [0.05, 0.1) is 11.7 Å². The van der Waals surface area contributed by atoms with Gasteiger partial charge in [-0.05, 0) is 30.7 Å². The van der Waals surface area contributed by atoms with Gasteiger partial charge >= 0.3 is 5.97 Å². The lowest BCUT2D eigenvalue weighted by atomic mass is 10.1. The van der Waals surface area contributed by atoms with E-state index in [-0.39, 0.29) is 30.5 Å². The van der Waals surface area contributed by atoms with Gasteiger partial charge in [0.1, 0.15) is 5.71 Å². The molecular formula is C21H20ClN3O4. The fourth-order valence-corrected chi connectivity index (χ4v) is 3.17. The van der Waals surface area contributed by atoms with E-state index in [4.69, 9.17) is 16.3 Å². The SMILES string of the molecule is C[C@H](NC(=O)COC(=O)C1=NN(c2ccccc2)C(=O)CC1)c1ccccc1Cl. The van der Waals surface area contributed by atoms with Crippen LogP contribution in [0.15, 0.2) is 59.7 Å². The molecular weight excluding hydrogens is 394 g/mol. The van der Waals surface area contributed by atoms with E-state index in [1.54, 1.807) is 43.3 Å². The van der Waals surface area contributed by atoms with E-state index in [1.807, 2.05) is 18.2 Å². The summed E-state index contributed by atoms with van der Waals surface area (Å²) in [6.45, 7) is 1.33. The highest BCUT2D eigenvalue weighted by molar-refractivity contribution is 6.38. The third-order valence-electron chi connectivity index (χ3n) is 4.35. The number of hydrazone groups is 1. The Bertz CT molecular complexity index is 946. The second-order valence-corrected chi connectivity index (χ2v) is 6.88. The monoisotopic (exact) mass is 413 g/mol. The van der Waals surface area contributed by atoms with Crippen LogP contribution in [-0.4, -0.2) is 30.1 Å². The largest absolute Gasteiger partial charge is 0.451 e. The van der Waals surface area contributed by atoms with Crippen LogP contribution in [0.25, 0.3) is 0 Å². The summed E-state index contributed by atoms with van der Waals surface area (Å²) in [6.07, 6.45) is 0.303. The lowest BCUT2D eigenvalue weighted by molar-refractivity contribution is -0.142. The zero-order valence-corrected chi connectivity index (χ0v) is 16.6. The number of para-hydroxylation sites is 1. The number of nitrogens with one attached hydrogen (secondary N) is 1. The number of hydrogen-bond donors (Lipinski definition) is 1. The maximum absolute atomic E-state index is 12.3. The molecule has 0 aromatic heterocycles. The van der Waals surface area contributed by atoms with Crippen LogP contribution >= 0.6 is 11.6 Å². The second kappa shape index (κ2) is 9.34. The maximum atomic E-state index is 12.3. The first kappa shape index (κ1) is 20.5. The Morgan fingerprint density at radius 2 is 1.83 bits per heavy atom. The number of hydrogen-bond acceptors (Lipinski definition) is 5. The number of anilines is 1. The Hall–Kier alpha value is -3.19. The number of benzene rings is 2. The van der Waals surface area contributed by atoms with E-state index >= 15 is 0 Å². The van der Waals surface area contributed by atoms with Gasteiger partial charge in [-0.2, -0.15) is 5.10 Å². The van der Waals surface area contributed by atoms with Crippen molar-refractivity contribution in [3.63, 3.8) is 0 Å². The third kappa shape index (κ3) is 5.20. The minimum Gasteiger partial charge on any atom is -0.451 e. The minimum atomic E-state index is -0.723. The fourth-order valence-electron chi connectivity index (χ4n) is 2.87. The molecule has 0 saturated heterocycles. The van der Waals surface area contributed by atoms with Crippen molar-refractivity contribution in [1.29, 1.82) is 0 Å². The molecule has 0 saturated carbocycles. The molecule has 1 aliphatic heterocycles. The quantitative estimate of drug-likeness (QED) is 0.736. The summed E-state index contributed by atoms with van der Waals surface area (Å²) in [6, 6.07) is 15.6. The lowest BCUT2D eigenvalue weighted by Crippen LogP contribution is -2.36. The Morgan fingerprint density at radius 1 is 1.14 bits per heavy atom. The third-order valence-corrected chi connectivity index (χ3v) is 4.70. The average Bonchev–Trinajstić information content (AvgIpc) is 2.73. The van der Waals surface area contributed by atoms with Crippen molar-refractivity contribution in [1.82, 2.24) is 5.32 Å². The molecule has 2 aromatic rings. The van der Waals surface area contributed by atoms with Crippen LogP contribution in [0, 0.1) is 0 Å². The number of amides is 2. The van der Waals surface area contributed by atoms with Crippen molar-refractivity contribution in [3.8, 4) is 0 Å². The maximum Gasteiger partial charge on any atom is 0.355 e. The predicted octanol–water partition coefficient (Wildman–Crippen LogP) is 3.24. The predicted molar refractivity (Wildman–Crippen MR) is 110 cm³/mol. The molecule has 3 rings (SSSR count). The molecule has 150 valence electrons. The highest BCUT2D eigenvalue weighted by atomic mass is 35.5. The number of rotatable bonds is 6. The molecule has 7 nitrogen and oxygen atoms in total. The van der Waals surface area contributed by atoms with E-state index < -0.39 is 18.5 Å². The van der Waals surface area contributed by atoms with Crippen LogP contribution in [0.4, 0.5) is 5.69 Å². The van der Waals surface area contributed by atoms with Crippen LogP contribution in [-0.2, 0) is 19.1 Å². The van der Waals surface area contributed by atoms with Gasteiger partial charge in [-0.25, -0.2) is 9.80 Å². The van der Waals surface area contributed by atoms with E-state index in [0.717, 1.165) is 5.56 Å². The van der Waals surface area contributed by atoms with Gasteiger partial charge in [0, 0.05) is 17.9 Å². The molecule has 2 amide bonds. The molecule has 0 unspecified atom stereocenters. The van der Waals surface area contributed by atoms with Crippen LogP contribution in [0.2, 0.25) is 5.02 Å². The minimum absolute atomic E-state index is 0.0976. The zero-order valence-electron chi connectivity index (χ0n) is 15.8. The molecule has 1 atom stereocenters. The summed E-state index contributed by atoms with van der Waals surface area (Å²) < 4.78 is 5.08. The number of halogens is 1. The Labute approximate surface area is 173 Å². The molecule has 1 heterocycles. The molecule has 1 N–H and O–H groups in total. The molecule has 0 fully saturated rings. The Kier molecular flexibility index (Phi) is 6.61. The number of carbonyl (C=O) groups excluding carboxylic acids is 3. The van der Waals surface area contributed by atoms with Gasteiger partial charge in [-0.15, -0.1) is 0 Å². The van der Waals surface area contributed by atoms with Crippen molar-refractivity contribution < 1.29 is 19.1 Å². The van der Waals surface area contributed by atoms with Crippen LogP contribution < -0.4 is 10.3 Å². The van der Waals surface area contributed by atoms with E-state index in [1.165, 1.54) is 5.01 Å². The number of esters is 1. The number of carbonyl (C=O) groups is 3. The smallest absolute Gasteiger partial charge is 0.355 e. The van der Waals surface area contributed by atoms with Gasteiger partial charge < -0.3 is 10.1 Å². The second-order valence-electron chi connectivity index (χ2n) is 6.47. The van der Waals surface area contributed by atoms with Crippen molar-refractivity contribution in [2.45, 2.75) is 25.8 Å². The first-order valence-corrected chi connectivity index (χ1v) is 9.50. The standard InChI is InChI=1S/C21H20ClN3O4/c1-14(16-9-5-6-10-17(16)22)23-19(26)13-29-21(28)18-11-12-20(27)25(24-18)15-7-3-2-4-8-15/h2-10,14H,11-13H2,1H3,(H,23,26)/t14-/m0/s1. The Balaban J connectivity index is 1.58. The average molecular weight is 414 g/mol. The summed E-state index contributed by atoms with van der Waals surface area (Å²) in [5, 5.41) is 8.56. The van der Waals surface area contributed by atoms with Crippen LogP contribution in [0.1, 0.15) is 31.4 Å². The first-order valence-electron chi connectivity index (χ1n) is 9.12. The first-order chi connectivity index (χ1) is 14.0. The van der Waals surface area contributed by atoms with Crippen molar-refractivity contribution >= 4 is 40.8 Å². The van der Waals surface area contributed by atoms with Gasteiger partial charge in [-0.1, -0.05) is 48.0 Å². The summed E-state index contributed by atoms with van der Waals surface area (Å²) in [5.41, 5.74) is 1.43. The molecule has 0 spiro atoms. The topological polar surface area (TPSA) is 88.1 Å². The molecule has 29 heavy (non-hydrogen) atoms. The Morgan fingerprint density at radius 3 is 2.55 bits per heavy atom. The zero-order chi connectivity index (χ0) is 20.8. The van der Waals surface area contributed by atoms with Gasteiger partial charge in [0.2, 0.25) is 5.91 Å². The summed E-state index contributed by atoms with van der Waals surface area (Å²) in [7, 11) is 0. The van der Waals surface area contributed by atoms with Gasteiger partial charge in [0.25, 0.3) is 5.91 Å². The van der Waals surface area contributed by atoms with Gasteiger partial charge in [0.15, 0.2) is 6.61 Å². The molecule has 0 aliphatic carbocycles. The van der Waals surface area contributed by atoms with Crippen molar-refractivity contribution in [2.75, 3.05) is 11.6 Å². The lowest BCUT2D eigenvalue weighted by Gasteiger charge is -2.22. The van der Waals surface area contributed by atoms with E-state index in [0.29, 0.717) is 10.7 Å². The summed E-state index contributed by atoms with van der Waals surface area (Å²) in [4.78, 5) is 36.5. The number of nitrogens with zero attached hydrogens (tertiary/aromatic N) is 2. The highest BCUT2D eigenvalue weighted by Gasteiger charge is 2.27. The van der Waals surface area contributed by atoms with Crippen molar-refractivity contribution in [2.24, 2.45) is 5.10 Å². The van der Waals surface area contributed by atoms with E-state index in [2.05, 4.69) is 10.4 Å². The highest BCUT2D eigenvalue weighted by Crippen LogP contribution is 2.22. The molecule has 1 aliphatic rings. The number of ether oxygens (including phenoxy) is 1. The van der Waals surface area contributed by atoms with Crippen LogP contribution in [0.5, 0.6) is 0 Å². The van der Waals surface area contributed by atoms with Crippen LogP contribution in [0.3, 0.4) is 0 Å². The van der Waals surface area contributed by atoms with E-state index in [9.17, 15) is 14.4 Å². The molecule has 0 bridgehead atoms. The summed E-state index contributed by atoms with van der Waals surface area (Å²) in [5.74, 6) is -1.39. The van der Waals surface area contributed by atoms with Crippen molar-refractivity contribution in [3.05, 3.63) is 65.2 Å². The summed E-state index contributed by atoms with van der Waals surface area (Å²) >= 11 is 6.12. The normalized spacial score (nSPS) is 14.8. The van der Waals surface area contributed by atoms with Gasteiger partial charge in [-0.3, -0.25) is 9.59 Å². The molecule has 8 heteroatoms. The fraction of sp³-hybridized carbons (Fsp3) is 0.238. The molecule has 2 aromatic carbocycles.